The predicted octanol–water partition coefficient (Wildman–Crippen LogP) is 1.91. The second-order valence-electron chi connectivity index (χ2n) is 3.58. The van der Waals surface area contributed by atoms with Gasteiger partial charge in [0.15, 0.2) is 0 Å². The van der Waals surface area contributed by atoms with Gasteiger partial charge in [0.05, 0.1) is 25.7 Å². The van der Waals surface area contributed by atoms with Crippen molar-refractivity contribution in [3.05, 3.63) is 35.9 Å². The fraction of sp³-hybridized carbons (Fsp3) is 0.308. The van der Waals surface area contributed by atoms with Crippen molar-refractivity contribution in [3.8, 4) is 0 Å². The maximum absolute atomic E-state index is 11.3. The summed E-state index contributed by atoms with van der Waals surface area (Å²) >= 11 is 0. The van der Waals surface area contributed by atoms with Gasteiger partial charge >= 0.3 is 11.9 Å². The maximum atomic E-state index is 11.3. The Morgan fingerprint density at radius 1 is 1.11 bits per heavy atom. The zero-order valence-electron chi connectivity index (χ0n) is 10.4. The second kappa shape index (κ2) is 7.21. The van der Waals surface area contributed by atoms with E-state index in [9.17, 15) is 9.59 Å². The van der Waals surface area contributed by atoms with Gasteiger partial charge in [-0.05, 0) is 12.5 Å². The van der Waals surface area contributed by atoms with Crippen LogP contribution in [0.4, 0.5) is 0 Å². The van der Waals surface area contributed by atoms with Crippen LogP contribution < -0.4 is 0 Å². The molecule has 1 aromatic rings. The SMILES string of the molecule is COC(=O)CCC(=O)O/N=C(/C)c1ccccc1. The Hall–Kier alpha value is -2.17. The summed E-state index contributed by atoms with van der Waals surface area (Å²) in [7, 11) is 1.27. The van der Waals surface area contributed by atoms with Gasteiger partial charge in [0.2, 0.25) is 0 Å². The Morgan fingerprint density at radius 3 is 2.33 bits per heavy atom. The van der Waals surface area contributed by atoms with Crippen LogP contribution in [0.5, 0.6) is 0 Å². The Kier molecular flexibility index (Phi) is 5.57. The molecule has 96 valence electrons. The van der Waals surface area contributed by atoms with Gasteiger partial charge in [0.1, 0.15) is 0 Å². The van der Waals surface area contributed by atoms with Crippen molar-refractivity contribution in [1.82, 2.24) is 0 Å². The van der Waals surface area contributed by atoms with Gasteiger partial charge in [-0.1, -0.05) is 35.5 Å². The molecule has 5 heteroatoms. The number of ether oxygens (including phenoxy) is 1. The molecule has 0 radical (unpaired) electrons. The average molecular weight is 249 g/mol. The quantitative estimate of drug-likeness (QED) is 0.346. The molecule has 0 fully saturated rings. The molecule has 0 N–H and O–H groups in total. The molecule has 5 nitrogen and oxygen atoms in total. The molecule has 0 aliphatic rings. The lowest BCUT2D eigenvalue weighted by Crippen LogP contribution is -2.07. The maximum Gasteiger partial charge on any atom is 0.335 e. The number of esters is 1. The van der Waals surface area contributed by atoms with E-state index in [1.807, 2.05) is 30.3 Å². The number of carbonyl (C=O) groups excluding carboxylic acids is 2. The number of carbonyl (C=O) groups is 2. The summed E-state index contributed by atoms with van der Waals surface area (Å²) in [5.74, 6) is -1.01. The summed E-state index contributed by atoms with van der Waals surface area (Å²) in [6.45, 7) is 1.74. The number of rotatable bonds is 5. The minimum Gasteiger partial charge on any atom is -0.469 e. The van der Waals surface area contributed by atoms with Gasteiger partial charge in [-0.2, -0.15) is 0 Å². The number of nitrogens with zero attached hydrogens (tertiary/aromatic N) is 1. The summed E-state index contributed by atoms with van der Waals surface area (Å²) in [6.07, 6.45) is -0.0481. The molecule has 0 bridgehead atoms. The molecule has 1 aromatic carbocycles. The standard InChI is InChI=1S/C13H15NO4/c1-10(11-6-4-3-5-7-11)14-18-13(16)9-8-12(15)17-2/h3-7H,8-9H2,1-2H3/b14-10-. The molecule has 0 saturated carbocycles. The monoisotopic (exact) mass is 249 g/mol. The third-order valence-corrected chi connectivity index (χ3v) is 2.24. The normalized spacial score (nSPS) is 10.9. The molecule has 0 heterocycles. The predicted molar refractivity (Wildman–Crippen MR) is 66.0 cm³/mol. The van der Waals surface area contributed by atoms with Gasteiger partial charge in [0.25, 0.3) is 0 Å². The first-order chi connectivity index (χ1) is 8.63. The first-order valence-corrected chi connectivity index (χ1v) is 5.50. The van der Waals surface area contributed by atoms with Crippen LogP contribution in [0.15, 0.2) is 35.5 Å². The second-order valence-corrected chi connectivity index (χ2v) is 3.58. The summed E-state index contributed by atoms with van der Waals surface area (Å²) in [6, 6.07) is 9.35. The Morgan fingerprint density at radius 2 is 1.72 bits per heavy atom. The van der Waals surface area contributed by atoms with Crippen molar-refractivity contribution >= 4 is 17.7 Å². The first-order valence-electron chi connectivity index (χ1n) is 5.50. The van der Waals surface area contributed by atoms with Crippen LogP contribution in [-0.2, 0) is 19.2 Å². The van der Waals surface area contributed by atoms with Crippen molar-refractivity contribution in [2.24, 2.45) is 5.16 Å². The molecule has 0 atom stereocenters. The van der Waals surface area contributed by atoms with E-state index >= 15 is 0 Å². The Bertz CT molecular complexity index is 440. The van der Waals surface area contributed by atoms with Crippen LogP contribution in [0.25, 0.3) is 0 Å². The Labute approximate surface area is 105 Å². The van der Waals surface area contributed by atoms with Crippen molar-refractivity contribution in [1.29, 1.82) is 0 Å². The molecule has 0 aliphatic heterocycles. The molecular weight excluding hydrogens is 234 g/mol. The van der Waals surface area contributed by atoms with Gasteiger partial charge in [0, 0.05) is 0 Å². The summed E-state index contributed by atoms with van der Waals surface area (Å²) in [5.41, 5.74) is 1.47. The minimum atomic E-state index is -0.560. The lowest BCUT2D eigenvalue weighted by Gasteiger charge is -2.00. The summed E-state index contributed by atoms with van der Waals surface area (Å²) in [4.78, 5) is 26.8. The molecule has 1 rings (SSSR count). The van der Waals surface area contributed by atoms with Crippen LogP contribution in [0, 0.1) is 0 Å². The minimum absolute atomic E-state index is 0.00472. The number of oxime groups is 1. The van der Waals surface area contributed by atoms with Gasteiger partial charge in [-0.15, -0.1) is 0 Å². The summed E-state index contributed by atoms with van der Waals surface area (Å²) in [5, 5.41) is 3.71. The Balaban J connectivity index is 2.44. The number of hydrogen-bond acceptors (Lipinski definition) is 5. The van der Waals surface area contributed by atoms with E-state index in [1.54, 1.807) is 6.92 Å². The lowest BCUT2D eigenvalue weighted by molar-refractivity contribution is -0.148. The largest absolute Gasteiger partial charge is 0.469 e. The van der Waals surface area contributed by atoms with E-state index in [1.165, 1.54) is 7.11 Å². The fourth-order valence-electron chi connectivity index (χ4n) is 1.20. The number of methoxy groups -OCH3 is 1. The molecule has 0 saturated heterocycles. The van der Waals surface area contributed by atoms with Crippen molar-refractivity contribution in [2.45, 2.75) is 19.8 Å². The van der Waals surface area contributed by atoms with Gasteiger partial charge < -0.3 is 9.57 Å². The van der Waals surface area contributed by atoms with Crippen LogP contribution in [-0.4, -0.2) is 24.8 Å². The topological polar surface area (TPSA) is 65.0 Å². The number of benzene rings is 1. The highest BCUT2D eigenvalue weighted by Crippen LogP contribution is 2.02. The van der Waals surface area contributed by atoms with E-state index in [0.717, 1.165) is 5.56 Å². The molecule has 0 aliphatic carbocycles. The van der Waals surface area contributed by atoms with Crippen molar-refractivity contribution in [2.75, 3.05) is 7.11 Å². The van der Waals surface area contributed by atoms with E-state index in [0.29, 0.717) is 5.71 Å². The number of hydrogen-bond donors (Lipinski definition) is 0. The van der Waals surface area contributed by atoms with E-state index in [-0.39, 0.29) is 12.8 Å². The van der Waals surface area contributed by atoms with Crippen LogP contribution in [0.3, 0.4) is 0 Å². The third kappa shape index (κ3) is 4.78. The fourth-order valence-corrected chi connectivity index (χ4v) is 1.20. The smallest absolute Gasteiger partial charge is 0.335 e. The molecule has 0 unspecified atom stereocenters. The highest BCUT2D eigenvalue weighted by Gasteiger charge is 2.08. The van der Waals surface area contributed by atoms with E-state index in [2.05, 4.69) is 9.89 Å². The highest BCUT2D eigenvalue weighted by molar-refractivity contribution is 5.98. The molecule has 18 heavy (non-hydrogen) atoms. The zero-order chi connectivity index (χ0) is 13.4. The van der Waals surface area contributed by atoms with Crippen molar-refractivity contribution < 1.29 is 19.2 Å². The van der Waals surface area contributed by atoms with Crippen LogP contribution in [0.1, 0.15) is 25.3 Å². The van der Waals surface area contributed by atoms with E-state index in [4.69, 9.17) is 4.84 Å². The molecule has 0 aromatic heterocycles. The first kappa shape index (κ1) is 13.9. The highest BCUT2D eigenvalue weighted by atomic mass is 16.7. The van der Waals surface area contributed by atoms with Gasteiger partial charge in [-0.3, -0.25) is 4.79 Å². The lowest BCUT2D eigenvalue weighted by atomic mass is 10.1. The molecule has 0 amide bonds. The summed E-state index contributed by atoms with van der Waals surface area (Å²) < 4.78 is 4.41. The average Bonchev–Trinajstić information content (AvgIpc) is 2.42. The van der Waals surface area contributed by atoms with Gasteiger partial charge in [-0.25, -0.2) is 4.79 Å². The zero-order valence-corrected chi connectivity index (χ0v) is 10.4. The van der Waals surface area contributed by atoms with Crippen LogP contribution >= 0.6 is 0 Å². The van der Waals surface area contributed by atoms with Crippen LogP contribution in [0.2, 0.25) is 0 Å². The third-order valence-electron chi connectivity index (χ3n) is 2.24. The molecular formula is C13H15NO4. The van der Waals surface area contributed by atoms with E-state index < -0.39 is 11.9 Å². The molecule has 0 spiro atoms. The van der Waals surface area contributed by atoms with Crippen molar-refractivity contribution in [3.63, 3.8) is 0 Å².